The van der Waals surface area contributed by atoms with Crippen molar-refractivity contribution in [3.63, 3.8) is 0 Å². The average Bonchev–Trinajstić information content (AvgIpc) is 2.93. The predicted molar refractivity (Wildman–Crippen MR) is 144 cm³/mol. The minimum Gasteiger partial charge on any atom is -0.379 e. The van der Waals surface area contributed by atoms with E-state index in [1.54, 1.807) is 23.9 Å². The van der Waals surface area contributed by atoms with Gasteiger partial charge in [-0.25, -0.2) is 4.39 Å². The molecule has 196 valence electrons. The van der Waals surface area contributed by atoms with E-state index < -0.39 is 0 Å². The van der Waals surface area contributed by atoms with E-state index in [1.165, 1.54) is 12.1 Å². The fourth-order valence-corrected chi connectivity index (χ4v) is 6.82. The van der Waals surface area contributed by atoms with Crippen molar-refractivity contribution in [2.45, 2.75) is 37.1 Å². The number of benzene rings is 2. The molecule has 2 aliphatic heterocycles. The molecule has 0 bridgehead atoms. The van der Waals surface area contributed by atoms with E-state index in [0.717, 1.165) is 61.7 Å². The van der Waals surface area contributed by atoms with Gasteiger partial charge in [-0.3, -0.25) is 14.5 Å². The topological polar surface area (TPSA) is 61.9 Å². The lowest BCUT2D eigenvalue weighted by Crippen LogP contribution is -2.54. The molecule has 0 aromatic heterocycles. The number of halogens is 1. The predicted octanol–water partition coefficient (Wildman–Crippen LogP) is 3.93. The van der Waals surface area contributed by atoms with Gasteiger partial charge < -0.3 is 15.0 Å². The number of nitrogens with one attached hydrogen (secondary N) is 1. The highest BCUT2D eigenvalue weighted by Gasteiger charge is 2.44. The molecule has 3 atom stereocenters. The molecule has 37 heavy (non-hydrogen) atoms. The number of nitrogens with zero attached hydrogens (tertiary/aromatic N) is 2. The van der Waals surface area contributed by atoms with Gasteiger partial charge in [-0.2, -0.15) is 0 Å². The van der Waals surface area contributed by atoms with Crippen LogP contribution in [0.25, 0.3) is 6.08 Å². The molecular formula is C29H34FN3O3S. The Morgan fingerprint density at radius 1 is 1.08 bits per heavy atom. The Bertz CT molecular complexity index is 1110. The van der Waals surface area contributed by atoms with Crippen LogP contribution in [-0.2, 0) is 20.9 Å². The van der Waals surface area contributed by atoms with Crippen LogP contribution in [0.15, 0.2) is 59.5 Å². The lowest BCUT2D eigenvalue weighted by molar-refractivity contribution is -0.133. The number of rotatable bonds is 7. The Kier molecular flexibility index (Phi) is 8.59. The maximum atomic E-state index is 13.7. The number of hydrogen-bond donors (Lipinski definition) is 1. The highest BCUT2D eigenvalue weighted by atomic mass is 32.2. The van der Waals surface area contributed by atoms with Crippen molar-refractivity contribution in [1.29, 1.82) is 0 Å². The van der Waals surface area contributed by atoms with Crippen LogP contribution in [0.5, 0.6) is 0 Å². The van der Waals surface area contributed by atoms with Gasteiger partial charge in [0.15, 0.2) is 0 Å². The molecule has 3 aliphatic rings. The van der Waals surface area contributed by atoms with Crippen molar-refractivity contribution in [3.05, 3.63) is 76.4 Å². The number of fused-ring (bicyclic) bond motifs is 1. The van der Waals surface area contributed by atoms with Crippen molar-refractivity contribution in [1.82, 2.24) is 15.1 Å². The summed E-state index contributed by atoms with van der Waals surface area (Å²) in [5, 5.41) is 3.36. The summed E-state index contributed by atoms with van der Waals surface area (Å²) in [4.78, 5) is 31.8. The Labute approximate surface area is 222 Å². The third-order valence-electron chi connectivity index (χ3n) is 7.47. The van der Waals surface area contributed by atoms with Gasteiger partial charge in [-0.15, -0.1) is 11.8 Å². The van der Waals surface area contributed by atoms with Crippen LogP contribution >= 0.6 is 11.8 Å². The largest absolute Gasteiger partial charge is 0.379 e. The van der Waals surface area contributed by atoms with Crippen LogP contribution in [0.3, 0.4) is 0 Å². The van der Waals surface area contributed by atoms with E-state index in [4.69, 9.17) is 4.74 Å². The van der Waals surface area contributed by atoms with Gasteiger partial charge in [-0.05, 0) is 48.6 Å². The Morgan fingerprint density at radius 2 is 1.84 bits per heavy atom. The molecule has 2 amide bonds. The molecule has 2 aromatic rings. The first-order valence-electron chi connectivity index (χ1n) is 13.1. The summed E-state index contributed by atoms with van der Waals surface area (Å²) in [5.41, 5.74) is 1.88. The van der Waals surface area contributed by atoms with Gasteiger partial charge in [0, 0.05) is 49.9 Å². The summed E-state index contributed by atoms with van der Waals surface area (Å²) in [5.74, 6) is -0.350. The van der Waals surface area contributed by atoms with Gasteiger partial charge in [0.05, 0.1) is 18.1 Å². The minimum absolute atomic E-state index is 0.0206. The van der Waals surface area contributed by atoms with Crippen LogP contribution in [0.1, 0.15) is 30.4 Å². The van der Waals surface area contributed by atoms with Gasteiger partial charge in [0.2, 0.25) is 5.91 Å². The monoisotopic (exact) mass is 523 g/mol. The normalized spacial score (nSPS) is 25.6. The third kappa shape index (κ3) is 6.61. The second kappa shape index (κ2) is 12.2. The summed E-state index contributed by atoms with van der Waals surface area (Å²) in [6.45, 7) is 5.15. The molecular weight excluding hydrogens is 489 g/mol. The number of morpholine rings is 1. The number of carbonyl (C=O) groups is 2. The van der Waals surface area contributed by atoms with Gasteiger partial charge in [0.1, 0.15) is 5.82 Å². The van der Waals surface area contributed by atoms with E-state index in [2.05, 4.69) is 10.2 Å². The highest BCUT2D eigenvalue weighted by Crippen LogP contribution is 2.44. The van der Waals surface area contributed by atoms with Gasteiger partial charge in [0.25, 0.3) is 5.91 Å². The molecule has 2 heterocycles. The number of amides is 2. The summed E-state index contributed by atoms with van der Waals surface area (Å²) in [6.07, 6.45) is 4.29. The maximum Gasteiger partial charge on any atom is 0.260 e. The molecule has 3 fully saturated rings. The molecule has 3 unspecified atom stereocenters. The number of carbonyl (C=O) groups excluding carboxylic acids is 2. The fourth-order valence-electron chi connectivity index (χ4n) is 5.41. The van der Waals surface area contributed by atoms with Crippen LogP contribution < -0.4 is 5.32 Å². The van der Waals surface area contributed by atoms with Crippen molar-refractivity contribution in [2.24, 2.45) is 5.92 Å². The van der Waals surface area contributed by atoms with E-state index in [1.807, 2.05) is 41.3 Å². The van der Waals surface area contributed by atoms with E-state index in [-0.39, 0.29) is 34.8 Å². The molecule has 1 aliphatic carbocycles. The SMILES string of the molecule is O=C(NCCN1CCOCC1)C1CCC2S/C(=C\c3ccccc3)C(=O)N(Cc3ccc(F)cc3)C2C1. The summed E-state index contributed by atoms with van der Waals surface area (Å²) in [7, 11) is 0. The van der Waals surface area contributed by atoms with Crippen molar-refractivity contribution in [2.75, 3.05) is 39.4 Å². The van der Waals surface area contributed by atoms with Gasteiger partial charge in [-0.1, -0.05) is 42.5 Å². The van der Waals surface area contributed by atoms with E-state index in [0.29, 0.717) is 19.5 Å². The van der Waals surface area contributed by atoms with Crippen molar-refractivity contribution in [3.8, 4) is 0 Å². The first-order chi connectivity index (χ1) is 18.1. The molecule has 2 aromatic carbocycles. The molecule has 1 saturated carbocycles. The lowest BCUT2D eigenvalue weighted by Gasteiger charge is -2.46. The van der Waals surface area contributed by atoms with E-state index >= 15 is 0 Å². The average molecular weight is 524 g/mol. The van der Waals surface area contributed by atoms with Crippen LogP contribution in [-0.4, -0.2) is 72.3 Å². The standard InChI is InChI=1S/C29H34FN3O3S/c30-24-9-6-22(7-10-24)20-33-25-19-23(28(34)31-12-13-32-14-16-36-17-15-32)8-11-26(25)37-27(29(33)35)18-21-4-2-1-3-5-21/h1-7,9-10,18,23,25-26H,8,11-17,19-20H2,(H,31,34)/b27-18-. The first-order valence-corrected chi connectivity index (χ1v) is 14.0. The quantitative estimate of drug-likeness (QED) is 0.558. The summed E-state index contributed by atoms with van der Waals surface area (Å²) >= 11 is 1.65. The molecule has 2 saturated heterocycles. The Balaban J connectivity index is 1.29. The highest BCUT2D eigenvalue weighted by molar-refractivity contribution is 8.04. The Morgan fingerprint density at radius 3 is 2.59 bits per heavy atom. The molecule has 8 heteroatoms. The minimum atomic E-state index is -0.293. The van der Waals surface area contributed by atoms with Gasteiger partial charge >= 0.3 is 0 Å². The van der Waals surface area contributed by atoms with E-state index in [9.17, 15) is 14.0 Å². The molecule has 1 N–H and O–H groups in total. The van der Waals surface area contributed by atoms with Crippen LogP contribution in [0.4, 0.5) is 4.39 Å². The Hall–Kier alpha value is -2.68. The zero-order valence-electron chi connectivity index (χ0n) is 21.0. The molecule has 0 radical (unpaired) electrons. The second-order valence-corrected chi connectivity index (χ2v) is 11.2. The fraction of sp³-hybridized carbons (Fsp3) is 0.448. The lowest BCUT2D eigenvalue weighted by atomic mass is 9.83. The molecule has 0 spiro atoms. The summed E-state index contributed by atoms with van der Waals surface area (Å²) in [6, 6.07) is 16.2. The maximum absolute atomic E-state index is 13.7. The zero-order chi connectivity index (χ0) is 25.6. The second-order valence-electron chi connectivity index (χ2n) is 9.96. The smallest absolute Gasteiger partial charge is 0.260 e. The van der Waals surface area contributed by atoms with Crippen molar-refractivity contribution >= 4 is 29.7 Å². The first kappa shape index (κ1) is 25.9. The molecule has 6 nitrogen and oxygen atoms in total. The zero-order valence-corrected chi connectivity index (χ0v) is 21.8. The number of thioether (sulfide) groups is 1. The van der Waals surface area contributed by atoms with Crippen LogP contribution in [0.2, 0.25) is 0 Å². The van der Waals surface area contributed by atoms with Crippen LogP contribution in [0, 0.1) is 11.7 Å². The number of ether oxygens (including phenoxy) is 1. The summed E-state index contributed by atoms with van der Waals surface area (Å²) < 4.78 is 18.9. The van der Waals surface area contributed by atoms with Crippen molar-refractivity contribution < 1.29 is 18.7 Å². The third-order valence-corrected chi connectivity index (χ3v) is 8.87. The molecule has 5 rings (SSSR count). The number of hydrogen-bond acceptors (Lipinski definition) is 5.